The molecule has 3 rings (SSSR count). The summed E-state index contributed by atoms with van der Waals surface area (Å²) in [4.78, 5) is 15.7. The molecule has 0 aliphatic carbocycles. The van der Waals surface area contributed by atoms with Gasteiger partial charge in [0.15, 0.2) is 0 Å². The molecule has 3 aromatic heterocycles. The number of aromatic nitrogens is 3. The lowest BCUT2D eigenvalue weighted by atomic mass is 9.98. The quantitative estimate of drug-likeness (QED) is 0.769. The normalized spacial score (nSPS) is 12.0. The lowest BCUT2D eigenvalue weighted by Crippen LogP contribution is -2.11. The van der Waals surface area contributed by atoms with Crippen molar-refractivity contribution in [1.82, 2.24) is 15.0 Å². The molecular weight excluding hydrogens is 312 g/mol. The Morgan fingerprint density at radius 2 is 2.05 bits per heavy atom. The number of hydrogen-bond acceptors (Lipinski definition) is 6. The smallest absolute Gasteiger partial charge is 0.138 e. The van der Waals surface area contributed by atoms with E-state index in [4.69, 9.17) is 4.98 Å². The molecule has 3 aromatic rings. The fraction of sp³-hybridized carbons (Fsp3) is 0.438. The number of nitrogens with one attached hydrogen (secondary N) is 1. The summed E-state index contributed by atoms with van der Waals surface area (Å²) in [6.07, 6.45) is 2.53. The Kier molecular flexibility index (Phi) is 4.14. The Morgan fingerprint density at radius 3 is 2.77 bits per heavy atom. The molecule has 0 bridgehead atoms. The van der Waals surface area contributed by atoms with Crippen LogP contribution in [0.5, 0.6) is 0 Å². The minimum Gasteiger partial charge on any atom is -0.369 e. The number of aryl methyl sites for hydroxylation is 1. The van der Waals surface area contributed by atoms with Crippen molar-refractivity contribution in [3.05, 3.63) is 33.4 Å². The van der Waals surface area contributed by atoms with Crippen LogP contribution in [0.3, 0.4) is 0 Å². The van der Waals surface area contributed by atoms with Crippen molar-refractivity contribution < 1.29 is 0 Å². The van der Waals surface area contributed by atoms with Crippen LogP contribution in [0.2, 0.25) is 0 Å². The fourth-order valence-electron chi connectivity index (χ4n) is 2.19. The van der Waals surface area contributed by atoms with Gasteiger partial charge in [-0.2, -0.15) is 0 Å². The second-order valence-electron chi connectivity index (χ2n) is 6.37. The molecule has 0 fully saturated rings. The fourth-order valence-corrected chi connectivity index (χ4v) is 3.98. The minimum absolute atomic E-state index is 0.128. The van der Waals surface area contributed by atoms with Crippen LogP contribution < -0.4 is 5.32 Å². The number of thiophene rings is 1. The van der Waals surface area contributed by atoms with E-state index >= 15 is 0 Å². The summed E-state index contributed by atoms with van der Waals surface area (Å²) in [7, 11) is 0. The van der Waals surface area contributed by atoms with Gasteiger partial charge in [-0.1, -0.05) is 20.8 Å². The van der Waals surface area contributed by atoms with Gasteiger partial charge in [0.2, 0.25) is 0 Å². The Labute approximate surface area is 138 Å². The van der Waals surface area contributed by atoms with Crippen LogP contribution in [0.1, 0.15) is 36.3 Å². The molecule has 22 heavy (non-hydrogen) atoms. The van der Waals surface area contributed by atoms with Crippen molar-refractivity contribution in [2.45, 2.75) is 39.5 Å². The third-order valence-corrected chi connectivity index (χ3v) is 5.59. The van der Waals surface area contributed by atoms with Crippen LogP contribution in [0.25, 0.3) is 10.2 Å². The lowest BCUT2D eigenvalue weighted by Gasteiger charge is -2.13. The van der Waals surface area contributed by atoms with Crippen LogP contribution in [0.15, 0.2) is 17.8 Å². The van der Waals surface area contributed by atoms with Crippen LogP contribution in [0, 0.1) is 6.92 Å². The third-order valence-electron chi connectivity index (χ3n) is 3.32. The van der Waals surface area contributed by atoms with E-state index < -0.39 is 0 Å². The summed E-state index contributed by atoms with van der Waals surface area (Å²) in [5, 5.41) is 7.88. The molecule has 0 spiro atoms. The zero-order chi connectivity index (χ0) is 15.7. The van der Waals surface area contributed by atoms with Crippen LogP contribution >= 0.6 is 22.7 Å². The van der Waals surface area contributed by atoms with E-state index in [1.807, 2.05) is 0 Å². The highest BCUT2D eigenvalue weighted by molar-refractivity contribution is 7.18. The Morgan fingerprint density at radius 1 is 1.23 bits per heavy atom. The van der Waals surface area contributed by atoms with Gasteiger partial charge in [-0.3, -0.25) is 0 Å². The van der Waals surface area contributed by atoms with E-state index in [-0.39, 0.29) is 5.41 Å². The molecule has 0 aliphatic rings. The molecule has 0 saturated heterocycles. The maximum Gasteiger partial charge on any atom is 0.138 e. The highest BCUT2D eigenvalue weighted by Gasteiger charge is 2.17. The maximum absolute atomic E-state index is 4.73. The lowest BCUT2D eigenvalue weighted by molar-refractivity contribution is 0.583. The summed E-state index contributed by atoms with van der Waals surface area (Å²) in [5.41, 5.74) is 1.28. The van der Waals surface area contributed by atoms with Gasteiger partial charge in [0.25, 0.3) is 0 Å². The van der Waals surface area contributed by atoms with Gasteiger partial charge in [-0.15, -0.1) is 22.7 Å². The van der Waals surface area contributed by atoms with Crippen LogP contribution in [-0.2, 0) is 11.8 Å². The molecule has 3 heterocycles. The van der Waals surface area contributed by atoms with E-state index in [0.717, 1.165) is 34.7 Å². The first-order valence-electron chi connectivity index (χ1n) is 7.33. The molecule has 116 valence electrons. The number of anilines is 1. The number of hydrogen-bond donors (Lipinski definition) is 1. The molecule has 1 N–H and O–H groups in total. The molecule has 0 unspecified atom stereocenters. The van der Waals surface area contributed by atoms with Crippen molar-refractivity contribution >= 4 is 38.7 Å². The Bertz CT molecular complexity index is 783. The Hall–Kier alpha value is -1.53. The first-order chi connectivity index (χ1) is 10.4. The molecular formula is C16H20N4S2. The molecule has 0 aromatic carbocycles. The molecule has 6 heteroatoms. The second-order valence-corrected chi connectivity index (χ2v) is 8.46. The average Bonchev–Trinajstić information content (AvgIpc) is 3.04. The van der Waals surface area contributed by atoms with Crippen molar-refractivity contribution in [1.29, 1.82) is 0 Å². The maximum atomic E-state index is 4.73. The number of nitrogens with zero attached hydrogens (tertiary/aromatic N) is 3. The average molecular weight is 332 g/mol. The van der Waals surface area contributed by atoms with Gasteiger partial charge in [-0.05, 0) is 13.0 Å². The zero-order valence-corrected chi connectivity index (χ0v) is 14.9. The van der Waals surface area contributed by atoms with E-state index in [2.05, 4.69) is 54.4 Å². The summed E-state index contributed by atoms with van der Waals surface area (Å²) in [6, 6.07) is 2.14. The van der Waals surface area contributed by atoms with Crippen LogP contribution in [0.4, 0.5) is 5.82 Å². The van der Waals surface area contributed by atoms with Gasteiger partial charge in [0, 0.05) is 28.6 Å². The highest BCUT2D eigenvalue weighted by Crippen LogP contribution is 2.28. The zero-order valence-electron chi connectivity index (χ0n) is 13.3. The van der Waals surface area contributed by atoms with Gasteiger partial charge < -0.3 is 5.32 Å². The topological polar surface area (TPSA) is 50.7 Å². The molecule has 0 saturated carbocycles. The number of fused-ring (bicyclic) bond motifs is 1. The van der Waals surface area contributed by atoms with Crippen molar-refractivity contribution in [2.75, 3.05) is 11.9 Å². The molecule has 0 atom stereocenters. The first-order valence-corrected chi connectivity index (χ1v) is 9.03. The number of rotatable bonds is 4. The monoisotopic (exact) mass is 332 g/mol. The molecule has 4 nitrogen and oxygen atoms in total. The summed E-state index contributed by atoms with van der Waals surface area (Å²) >= 11 is 3.45. The van der Waals surface area contributed by atoms with E-state index in [1.54, 1.807) is 29.0 Å². The van der Waals surface area contributed by atoms with Gasteiger partial charge in [-0.25, -0.2) is 15.0 Å². The molecule has 0 radical (unpaired) electrons. The predicted octanol–water partition coefficient (Wildman–Crippen LogP) is 4.41. The first kappa shape index (κ1) is 15.4. The second kappa shape index (κ2) is 5.93. The Balaban J connectivity index is 1.66. The summed E-state index contributed by atoms with van der Waals surface area (Å²) in [6.45, 7) is 9.52. The summed E-state index contributed by atoms with van der Waals surface area (Å²) in [5.74, 6) is 0.917. The highest BCUT2D eigenvalue weighted by atomic mass is 32.1. The minimum atomic E-state index is 0.128. The van der Waals surface area contributed by atoms with Crippen molar-refractivity contribution in [3.63, 3.8) is 0 Å². The van der Waals surface area contributed by atoms with E-state index in [1.165, 1.54) is 9.88 Å². The molecule has 0 aliphatic heterocycles. The number of thiazole rings is 1. The van der Waals surface area contributed by atoms with Gasteiger partial charge in [0.1, 0.15) is 17.0 Å². The van der Waals surface area contributed by atoms with Gasteiger partial charge in [0.05, 0.1) is 16.1 Å². The van der Waals surface area contributed by atoms with Crippen molar-refractivity contribution in [2.24, 2.45) is 0 Å². The van der Waals surface area contributed by atoms with Crippen LogP contribution in [-0.4, -0.2) is 21.5 Å². The largest absolute Gasteiger partial charge is 0.369 e. The van der Waals surface area contributed by atoms with Crippen molar-refractivity contribution in [3.8, 4) is 0 Å². The third kappa shape index (κ3) is 3.28. The molecule has 0 amide bonds. The standard InChI is InChI=1S/C16H20N4S2/c1-10-7-12-13(18-9-19-14(12)22-10)17-6-5-11-8-21-15(20-11)16(2,3)4/h7-9H,5-6H2,1-4H3,(H,17,18,19). The van der Waals surface area contributed by atoms with Gasteiger partial charge >= 0.3 is 0 Å². The summed E-state index contributed by atoms with van der Waals surface area (Å²) < 4.78 is 0. The van der Waals surface area contributed by atoms with E-state index in [9.17, 15) is 0 Å². The van der Waals surface area contributed by atoms with E-state index in [0.29, 0.717) is 0 Å². The SMILES string of the molecule is Cc1cc2c(NCCc3csc(C(C)(C)C)n3)ncnc2s1. The predicted molar refractivity (Wildman–Crippen MR) is 95.2 cm³/mol.